The van der Waals surface area contributed by atoms with E-state index in [0.29, 0.717) is 0 Å². The maximum Gasteiger partial charge on any atom is 0.277 e. The first-order valence-corrected chi connectivity index (χ1v) is 10.0. The van der Waals surface area contributed by atoms with Gasteiger partial charge in [0, 0.05) is 24.5 Å². The van der Waals surface area contributed by atoms with Crippen molar-refractivity contribution >= 4 is 29.0 Å². The second-order valence-corrected chi connectivity index (χ2v) is 7.36. The van der Waals surface area contributed by atoms with Crippen LogP contribution in [0.4, 0.5) is 15.8 Å². The van der Waals surface area contributed by atoms with Crippen molar-refractivity contribution in [2.75, 3.05) is 29.1 Å². The zero-order valence-corrected chi connectivity index (χ0v) is 15.9. The molecule has 1 amide bonds. The van der Waals surface area contributed by atoms with Gasteiger partial charge >= 0.3 is 0 Å². The van der Waals surface area contributed by atoms with E-state index in [1.165, 1.54) is 24.6 Å². The van der Waals surface area contributed by atoms with Crippen LogP contribution in [0.3, 0.4) is 0 Å². The summed E-state index contributed by atoms with van der Waals surface area (Å²) in [5, 5.41) is 10.8. The molecule has 8 heteroatoms. The summed E-state index contributed by atoms with van der Waals surface area (Å²) in [4.78, 5) is 14.5. The quantitative estimate of drug-likeness (QED) is 0.628. The van der Waals surface area contributed by atoms with Crippen LogP contribution in [0.5, 0.6) is 0 Å². The molecule has 1 aromatic heterocycles. The Kier molecular flexibility index (Phi) is 5.57. The van der Waals surface area contributed by atoms with Gasteiger partial charge in [-0.05, 0) is 49.2 Å². The molecule has 1 aliphatic heterocycles. The highest BCUT2D eigenvalue weighted by Crippen LogP contribution is 2.25. The maximum absolute atomic E-state index is 13.8. The number of carbonyl (C=O) groups excluding carboxylic acids is 1. The highest BCUT2D eigenvalue weighted by Gasteiger charge is 2.15. The molecular weight excluding hydrogens is 379 g/mol. The van der Waals surface area contributed by atoms with Gasteiger partial charge in [0.05, 0.1) is 11.3 Å². The summed E-state index contributed by atoms with van der Waals surface area (Å²) in [7, 11) is 0. The molecule has 3 aromatic rings. The summed E-state index contributed by atoms with van der Waals surface area (Å²) >= 11 is 1.11. The number of thioether (sulfide) groups is 1. The van der Waals surface area contributed by atoms with E-state index in [1.807, 2.05) is 24.3 Å². The second-order valence-electron chi connectivity index (χ2n) is 6.43. The Balaban J connectivity index is 1.30. The van der Waals surface area contributed by atoms with Crippen molar-refractivity contribution in [2.24, 2.45) is 0 Å². The van der Waals surface area contributed by atoms with E-state index in [0.717, 1.165) is 30.5 Å². The highest BCUT2D eigenvalue weighted by molar-refractivity contribution is 7.99. The predicted molar refractivity (Wildman–Crippen MR) is 107 cm³/mol. The van der Waals surface area contributed by atoms with Crippen LogP contribution in [0.2, 0.25) is 0 Å². The van der Waals surface area contributed by atoms with E-state index < -0.39 is 5.82 Å². The normalized spacial score (nSPS) is 13.7. The largest absolute Gasteiger partial charge is 0.411 e. The third kappa shape index (κ3) is 4.33. The molecule has 1 N–H and O–H groups in total. The number of rotatable bonds is 6. The Morgan fingerprint density at radius 2 is 1.86 bits per heavy atom. The minimum atomic E-state index is -0.433. The van der Waals surface area contributed by atoms with Crippen LogP contribution in [-0.4, -0.2) is 34.9 Å². The lowest BCUT2D eigenvalue weighted by atomic mass is 10.2. The number of anilines is 2. The lowest BCUT2D eigenvalue weighted by molar-refractivity contribution is -0.113. The summed E-state index contributed by atoms with van der Waals surface area (Å²) in [6, 6.07) is 14.0. The van der Waals surface area contributed by atoms with Crippen LogP contribution in [0, 0.1) is 5.82 Å². The molecule has 1 saturated heterocycles. The van der Waals surface area contributed by atoms with Gasteiger partial charge < -0.3 is 14.6 Å². The Morgan fingerprint density at radius 1 is 1.11 bits per heavy atom. The number of nitrogens with zero attached hydrogens (tertiary/aromatic N) is 3. The molecule has 6 nitrogen and oxygen atoms in total. The number of carbonyl (C=O) groups is 1. The van der Waals surface area contributed by atoms with Gasteiger partial charge in [-0.15, -0.1) is 10.2 Å². The number of amides is 1. The molecule has 1 fully saturated rings. The van der Waals surface area contributed by atoms with Gasteiger partial charge in [-0.1, -0.05) is 23.9 Å². The van der Waals surface area contributed by atoms with Crippen LogP contribution >= 0.6 is 11.8 Å². The van der Waals surface area contributed by atoms with Gasteiger partial charge in [0.1, 0.15) is 5.82 Å². The van der Waals surface area contributed by atoms with Gasteiger partial charge in [0.2, 0.25) is 5.91 Å². The van der Waals surface area contributed by atoms with Crippen molar-refractivity contribution < 1.29 is 13.6 Å². The number of benzene rings is 2. The SMILES string of the molecule is O=C(CSc1nnc(-c2ccccc2F)o1)Nc1ccc(N2CCCC2)cc1. The third-order valence-electron chi connectivity index (χ3n) is 4.46. The van der Waals surface area contributed by atoms with Crippen LogP contribution < -0.4 is 10.2 Å². The standard InChI is InChI=1S/C20H19FN4O2S/c21-17-6-2-1-5-16(17)19-23-24-20(27-19)28-13-18(26)22-14-7-9-15(10-8-14)25-11-3-4-12-25/h1-2,5-10H,3-4,11-13H2,(H,22,26). The summed E-state index contributed by atoms with van der Waals surface area (Å²) in [6.07, 6.45) is 2.45. The summed E-state index contributed by atoms with van der Waals surface area (Å²) < 4.78 is 19.2. The Bertz CT molecular complexity index is 955. The molecule has 0 aliphatic carbocycles. The molecule has 0 radical (unpaired) electrons. The third-order valence-corrected chi connectivity index (χ3v) is 5.28. The fourth-order valence-electron chi connectivity index (χ4n) is 3.07. The van der Waals surface area contributed by atoms with Crippen molar-refractivity contribution in [2.45, 2.75) is 18.1 Å². The van der Waals surface area contributed by atoms with Gasteiger partial charge in [-0.2, -0.15) is 0 Å². The van der Waals surface area contributed by atoms with Gasteiger partial charge in [-0.3, -0.25) is 4.79 Å². The van der Waals surface area contributed by atoms with Crippen molar-refractivity contribution in [3.05, 3.63) is 54.3 Å². The van der Waals surface area contributed by atoms with E-state index in [1.54, 1.807) is 18.2 Å². The molecule has 2 heterocycles. The highest BCUT2D eigenvalue weighted by atomic mass is 32.2. The molecule has 0 unspecified atom stereocenters. The topological polar surface area (TPSA) is 71.3 Å². The fourth-order valence-corrected chi connectivity index (χ4v) is 3.63. The number of nitrogens with one attached hydrogen (secondary N) is 1. The lowest BCUT2D eigenvalue weighted by Gasteiger charge is -2.17. The zero-order chi connectivity index (χ0) is 19.3. The predicted octanol–water partition coefficient (Wildman–Crippen LogP) is 4.21. The van der Waals surface area contributed by atoms with Crippen LogP contribution in [0.15, 0.2) is 58.2 Å². The molecular formula is C20H19FN4O2S. The van der Waals surface area contributed by atoms with Crippen LogP contribution in [0.1, 0.15) is 12.8 Å². The molecule has 28 heavy (non-hydrogen) atoms. The smallest absolute Gasteiger partial charge is 0.277 e. The average molecular weight is 398 g/mol. The molecule has 0 spiro atoms. The number of hydrogen-bond acceptors (Lipinski definition) is 6. The molecule has 0 atom stereocenters. The molecule has 1 aliphatic rings. The fraction of sp³-hybridized carbons (Fsp3) is 0.250. The van der Waals surface area contributed by atoms with Crippen LogP contribution in [-0.2, 0) is 4.79 Å². The number of hydrogen-bond donors (Lipinski definition) is 1. The van der Waals surface area contributed by atoms with E-state index in [4.69, 9.17) is 4.42 Å². The van der Waals surface area contributed by atoms with Crippen molar-refractivity contribution in [3.63, 3.8) is 0 Å². The molecule has 0 saturated carbocycles. The van der Waals surface area contributed by atoms with E-state index in [9.17, 15) is 9.18 Å². The number of halogens is 1. The monoisotopic (exact) mass is 398 g/mol. The average Bonchev–Trinajstić information content (AvgIpc) is 3.40. The van der Waals surface area contributed by atoms with E-state index >= 15 is 0 Å². The summed E-state index contributed by atoms with van der Waals surface area (Å²) in [5.74, 6) is -0.395. The minimum Gasteiger partial charge on any atom is -0.411 e. The molecule has 4 rings (SSSR count). The Labute approximate surface area is 166 Å². The summed E-state index contributed by atoms with van der Waals surface area (Å²) in [5.41, 5.74) is 2.16. The minimum absolute atomic E-state index is 0.0958. The summed E-state index contributed by atoms with van der Waals surface area (Å²) in [6.45, 7) is 2.17. The van der Waals surface area contributed by atoms with E-state index in [-0.39, 0.29) is 28.3 Å². The molecule has 144 valence electrons. The van der Waals surface area contributed by atoms with E-state index in [2.05, 4.69) is 20.4 Å². The first kappa shape index (κ1) is 18.5. The van der Waals surface area contributed by atoms with Crippen LogP contribution in [0.25, 0.3) is 11.5 Å². The first-order chi connectivity index (χ1) is 13.7. The van der Waals surface area contributed by atoms with Crippen molar-refractivity contribution in [1.29, 1.82) is 0 Å². The Hall–Kier alpha value is -2.87. The lowest BCUT2D eigenvalue weighted by Crippen LogP contribution is -2.18. The Morgan fingerprint density at radius 3 is 2.61 bits per heavy atom. The molecule has 0 bridgehead atoms. The van der Waals surface area contributed by atoms with Crippen molar-refractivity contribution in [3.8, 4) is 11.5 Å². The van der Waals surface area contributed by atoms with Gasteiger partial charge in [-0.25, -0.2) is 4.39 Å². The van der Waals surface area contributed by atoms with Crippen molar-refractivity contribution in [1.82, 2.24) is 10.2 Å². The van der Waals surface area contributed by atoms with Gasteiger partial charge in [0.25, 0.3) is 11.1 Å². The maximum atomic E-state index is 13.8. The van der Waals surface area contributed by atoms with Gasteiger partial charge in [0.15, 0.2) is 0 Å². The zero-order valence-electron chi connectivity index (χ0n) is 15.1. The molecule has 2 aromatic carbocycles. The number of aromatic nitrogens is 2. The first-order valence-electron chi connectivity index (χ1n) is 9.05. The second kappa shape index (κ2) is 8.43.